The number of Topliss-reactive ketones (excluding diaryl/α,β-unsaturated/α-hetero) is 1. The minimum absolute atomic E-state index is 0.0501. The lowest BCUT2D eigenvalue weighted by Gasteiger charge is -2.19. The number of amides is 1. The molecule has 1 amide bonds. The largest absolute Gasteiger partial charge is 0.342 e. The number of ketones is 1. The van der Waals surface area contributed by atoms with Crippen molar-refractivity contribution in [3.63, 3.8) is 0 Å². The van der Waals surface area contributed by atoms with Crippen LogP contribution in [0.4, 0.5) is 0 Å². The summed E-state index contributed by atoms with van der Waals surface area (Å²) in [5, 5.41) is 3.01. The van der Waals surface area contributed by atoms with Gasteiger partial charge in [-0.25, -0.2) is 4.98 Å². The summed E-state index contributed by atoms with van der Waals surface area (Å²) in [6.45, 7) is 0. The number of carbonyl (C=O) groups excluding carboxylic acids is 2. The number of nitrogens with zero attached hydrogens (tertiary/aromatic N) is 2. The van der Waals surface area contributed by atoms with Crippen LogP contribution in [0.5, 0.6) is 0 Å². The van der Waals surface area contributed by atoms with Gasteiger partial charge in [0.2, 0.25) is 5.91 Å². The molecule has 0 aliphatic carbocycles. The second-order valence-corrected chi connectivity index (χ2v) is 7.15. The standard InChI is InChI=1S/C21H20BrN3O2/c1-25-14-13-23-21(25)20(16-5-3-2-4-6-16)24-19(27)12-11-18(26)15-7-9-17(22)10-8-15/h2-10,13-14,20H,11-12H2,1H3,(H,24,27)/t20-/m1/s1. The topological polar surface area (TPSA) is 64.0 Å². The van der Waals surface area contributed by atoms with Crippen molar-refractivity contribution in [2.45, 2.75) is 18.9 Å². The number of hydrogen-bond acceptors (Lipinski definition) is 3. The van der Waals surface area contributed by atoms with E-state index in [-0.39, 0.29) is 30.6 Å². The zero-order valence-electron chi connectivity index (χ0n) is 14.9. The van der Waals surface area contributed by atoms with E-state index < -0.39 is 0 Å². The number of benzene rings is 2. The van der Waals surface area contributed by atoms with Gasteiger partial charge in [0.15, 0.2) is 5.78 Å². The lowest BCUT2D eigenvalue weighted by molar-refractivity contribution is -0.121. The molecule has 1 aromatic heterocycles. The van der Waals surface area contributed by atoms with Gasteiger partial charge in [0, 0.05) is 42.3 Å². The number of aryl methyl sites for hydroxylation is 1. The maximum Gasteiger partial charge on any atom is 0.221 e. The fraction of sp³-hybridized carbons (Fsp3) is 0.190. The van der Waals surface area contributed by atoms with Crippen molar-refractivity contribution >= 4 is 27.6 Å². The number of imidazole rings is 1. The number of nitrogens with one attached hydrogen (secondary N) is 1. The highest BCUT2D eigenvalue weighted by molar-refractivity contribution is 9.10. The Morgan fingerprint density at radius 3 is 2.41 bits per heavy atom. The van der Waals surface area contributed by atoms with E-state index in [4.69, 9.17) is 0 Å². The molecule has 0 fully saturated rings. The van der Waals surface area contributed by atoms with Gasteiger partial charge in [-0.05, 0) is 17.7 Å². The molecule has 0 spiro atoms. The van der Waals surface area contributed by atoms with Crippen molar-refractivity contribution < 1.29 is 9.59 Å². The quantitative estimate of drug-likeness (QED) is 0.580. The molecule has 0 bridgehead atoms. The van der Waals surface area contributed by atoms with Gasteiger partial charge in [-0.3, -0.25) is 9.59 Å². The molecule has 1 N–H and O–H groups in total. The summed E-state index contributed by atoms with van der Waals surface area (Å²) in [6, 6.07) is 16.5. The fourth-order valence-electron chi connectivity index (χ4n) is 2.84. The van der Waals surface area contributed by atoms with Crippen LogP contribution in [0.2, 0.25) is 0 Å². The fourth-order valence-corrected chi connectivity index (χ4v) is 3.10. The van der Waals surface area contributed by atoms with E-state index in [1.54, 1.807) is 18.3 Å². The second kappa shape index (κ2) is 8.77. The molecule has 27 heavy (non-hydrogen) atoms. The first kappa shape index (κ1) is 19.0. The highest BCUT2D eigenvalue weighted by Crippen LogP contribution is 2.20. The Morgan fingerprint density at radius 2 is 1.78 bits per heavy atom. The maximum atomic E-state index is 12.5. The van der Waals surface area contributed by atoms with Gasteiger partial charge in [0.1, 0.15) is 11.9 Å². The molecule has 5 nitrogen and oxygen atoms in total. The Kier molecular flexibility index (Phi) is 6.19. The molecule has 2 aromatic carbocycles. The third-order valence-electron chi connectivity index (χ3n) is 4.30. The number of hydrogen-bond donors (Lipinski definition) is 1. The van der Waals surface area contributed by atoms with Gasteiger partial charge >= 0.3 is 0 Å². The predicted molar refractivity (Wildman–Crippen MR) is 107 cm³/mol. The van der Waals surface area contributed by atoms with E-state index in [0.29, 0.717) is 5.56 Å². The van der Waals surface area contributed by atoms with Gasteiger partial charge in [-0.15, -0.1) is 0 Å². The highest BCUT2D eigenvalue weighted by Gasteiger charge is 2.21. The van der Waals surface area contributed by atoms with Crippen molar-refractivity contribution in [2.75, 3.05) is 0 Å². The third kappa shape index (κ3) is 4.92. The molecule has 1 heterocycles. The SMILES string of the molecule is Cn1ccnc1[C@H](NC(=O)CCC(=O)c1ccc(Br)cc1)c1ccccc1. The monoisotopic (exact) mass is 425 g/mol. The second-order valence-electron chi connectivity index (χ2n) is 6.24. The van der Waals surface area contributed by atoms with Crippen LogP contribution in [0, 0.1) is 0 Å². The Hall–Kier alpha value is -2.73. The molecule has 0 radical (unpaired) electrons. The average molecular weight is 426 g/mol. The number of aromatic nitrogens is 2. The molecule has 3 rings (SSSR count). The maximum absolute atomic E-state index is 12.5. The van der Waals surface area contributed by atoms with Gasteiger partial charge in [0.25, 0.3) is 0 Å². The minimum atomic E-state index is -0.360. The molecule has 0 unspecified atom stereocenters. The van der Waals surface area contributed by atoms with Gasteiger partial charge in [-0.2, -0.15) is 0 Å². The molecular weight excluding hydrogens is 406 g/mol. The van der Waals surface area contributed by atoms with E-state index in [9.17, 15) is 9.59 Å². The third-order valence-corrected chi connectivity index (χ3v) is 4.83. The average Bonchev–Trinajstić information content (AvgIpc) is 3.11. The van der Waals surface area contributed by atoms with E-state index in [1.807, 2.05) is 60.3 Å². The Morgan fingerprint density at radius 1 is 1.07 bits per heavy atom. The van der Waals surface area contributed by atoms with Crippen LogP contribution in [-0.4, -0.2) is 21.2 Å². The molecule has 6 heteroatoms. The molecule has 0 saturated heterocycles. The highest BCUT2D eigenvalue weighted by atomic mass is 79.9. The first-order valence-electron chi connectivity index (χ1n) is 8.65. The normalized spacial score (nSPS) is 11.8. The number of rotatable bonds is 7. The number of carbonyl (C=O) groups is 2. The van der Waals surface area contributed by atoms with Crippen LogP contribution >= 0.6 is 15.9 Å². The van der Waals surface area contributed by atoms with Crippen LogP contribution in [-0.2, 0) is 11.8 Å². The zero-order chi connectivity index (χ0) is 19.2. The van der Waals surface area contributed by atoms with E-state index in [1.165, 1.54) is 0 Å². The van der Waals surface area contributed by atoms with Crippen LogP contribution < -0.4 is 5.32 Å². The number of halogens is 1. The van der Waals surface area contributed by atoms with Crippen LogP contribution in [0.1, 0.15) is 40.6 Å². The summed E-state index contributed by atoms with van der Waals surface area (Å²) in [5.41, 5.74) is 1.55. The van der Waals surface area contributed by atoms with E-state index in [0.717, 1.165) is 15.9 Å². The smallest absolute Gasteiger partial charge is 0.221 e. The molecule has 0 aliphatic heterocycles. The summed E-state index contributed by atoms with van der Waals surface area (Å²) in [6.07, 6.45) is 3.83. The van der Waals surface area contributed by atoms with Gasteiger partial charge in [-0.1, -0.05) is 58.4 Å². The van der Waals surface area contributed by atoms with Crippen LogP contribution in [0.15, 0.2) is 71.5 Å². The summed E-state index contributed by atoms with van der Waals surface area (Å²) in [7, 11) is 1.89. The lowest BCUT2D eigenvalue weighted by Crippen LogP contribution is -2.31. The molecule has 3 aromatic rings. The summed E-state index contributed by atoms with van der Waals surface area (Å²) >= 11 is 3.35. The molecule has 0 aliphatic rings. The molecule has 1 atom stereocenters. The summed E-state index contributed by atoms with van der Waals surface area (Å²) in [5.74, 6) is 0.511. The van der Waals surface area contributed by atoms with E-state index in [2.05, 4.69) is 26.2 Å². The van der Waals surface area contributed by atoms with E-state index >= 15 is 0 Å². The van der Waals surface area contributed by atoms with Crippen molar-refractivity contribution in [3.05, 3.63) is 88.4 Å². The summed E-state index contributed by atoms with van der Waals surface area (Å²) < 4.78 is 2.79. The predicted octanol–water partition coefficient (Wildman–Crippen LogP) is 4.05. The van der Waals surface area contributed by atoms with Gasteiger partial charge in [0.05, 0.1) is 0 Å². The van der Waals surface area contributed by atoms with Crippen LogP contribution in [0.25, 0.3) is 0 Å². The molecule has 0 saturated carbocycles. The molecule has 138 valence electrons. The minimum Gasteiger partial charge on any atom is -0.342 e. The van der Waals surface area contributed by atoms with Crippen molar-refractivity contribution in [2.24, 2.45) is 7.05 Å². The first-order chi connectivity index (χ1) is 13.0. The Labute approximate surface area is 166 Å². The molecular formula is C21H20BrN3O2. The van der Waals surface area contributed by atoms with Crippen molar-refractivity contribution in [3.8, 4) is 0 Å². The van der Waals surface area contributed by atoms with Crippen LogP contribution in [0.3, 0.4) is 0 Å². The Bertz CT molecular complexity index is 920. The lowest BCUT2D eigenvalue weighted by atomic mass is 10.0. The first-order valence-corrected chi connectivity index (χ1v) is 9.44. The summed E-state index contributed by atoms with van der Waals surface area (Å²) in [4.78, 5) is 29.2. The van der Waals surface area contributed by atoms with Gasteiger partial charge < -0.3 is 9.88 Å². The van der Waals surface area contributed by atoms with Crippen molar-refractivity contribution in [1.29, 1.82) is 0 Å². The Balaban J connectivity index is 1.67. The zero-order valence-corrected chi connectivity index (χ0v) is 16.5. The van der Waals surface area contributed by atoms with Crippen molar-refractivity contribution in [1.82, 2.24) is 14.9 Å².